The summed E-state index contributed by atoms with van der Waals surface area (Å²) in [5.74, 6) is 0. The van der Waals surface area contributed by atoms with Gasteiger partial charge in [0.2, 0.25) is 10.0 Å². The maximum atomic E-state index is 13.1. The second kappa shape index (κ2) is 6.46. The normalized spacial score (nSPS) is 18.3. The predicted molar refractivity (Wildman–Crippen MR) is 85.6 cm³/mol. The summed E-state index contributed by atoms with van der Waals surface area (Å²) < 4.78 is 27.9. The Kier molecular flexibility index (Phi) is 5.07. The van der Waals surface area contributed by atoms with Gasteiger partial charge in [0.1, 0.15) is 0 Å². The van der Waals surface area contributed by atoms with E-state index in [4.69, 9.17) is 5.73 Å². The first-order chi connectivity index (χ1) is 9.96. The van der Waals surface area contributed by atoms with Crippen LogP contribution in [0.1, 0.15) is 44.6 Å². The van der Waals surface area contributed by atoms with Gasteiger partial charge in [-0.25, -0.2) is 8.42 Å². The Balaban J connectivity index is 2.46. The molecule has 1 aliphatic carbocycles. The van der Waals surface area contributed by atoms with Gasteiger partial charge in [-0.3, -0.25) is 0 Å². The van der Waals surface area contributed by atoms with Crippen molar-refractivity contribution in [1.29, 1.82) is 0 Å². The molecule has 0 spiro atoms. The van der Waals surface area contributed by atoms with E-state index in [1.165, 1.54) is 0 Å². The lowest BCUT2D eigenvalue weighted by atomic mass is 9.98. The molecule has 0 aliphatic heterocycles. The summed E-state index contributed by atoms with van der Waals surface area (Å²) in [5, 5.41) is 0. The van der Waals surface area contributed by atoms with E-state index in [1.54, 1.807) is 22.5 Å². The van der Waals surface area contributed by atoms with E-state index in [-0.39, 0.29) is 0 Å². The van der Waals surface area contributed by atoms with Crippen molar-refractivity contribution < 1.29 is 8.42 Å². The molecule has 0 atom stereocenters. The van der Waals surface area contributed by atoms with Crippen LogP contribution in [0.15, 0.2) is 29.2 Å². The number of aryl methyl sites for hydroxylation is 1. The van der Waals surface area contributed by atoms with Gasteiger partial charge in [-0.15, -0.1) is 0 Å². The zero-order valence-corrected chi connectivity index (χ0v) is 13.8. The molecule has 0 amide bonds. The summed E-state index contributed by atoms with van der Waals surface area (Å²) in [7, 11) is -3.49. The molecule has 21 heavy (non-hydrogen) atoms. The third-order valence-electron chi connectivity index (χ3n) is 4.45. The van der Waals surface area contributed by atoms with Crippen molar-refractivity contribution in [2.24, 2.45) is 5.73 Å². The van der Waals surface area contributed by atoms with Crippen LogP contribution in [-0.2, 0) is 10.0 Å². The Bertz CT molecular complexity index is 578. The summed E-state index contributed by atoms with van der Waals surface area (Å²) in [4.78, 5) is 0.385. The molecular weight excluding hydrogens is 284 g/mol. The van der Waals surface area contributed by atoms with Gasteiger partial charge in [-0.05, 0) is 43.9 Å². The number of sulfonamides is 1. The minimum atomic E-state index is -3.49. The molecule has 1 fully saturated rings. The fraction of sp³-hybridized carbons (Fsp3) is 0.625. The van der Waals surface area contributed by atoms with E-state index >= 15 is 0 Å². The van der Waals surface area contributed by atoms with E-state index < -0.39 is 15.6 Å². The lowest BCUT2D eigenvalue weighted by Crippen LogP contribution is -2.54. The maximum Gasteiger partial charge on any atom is 0.243 e. The van der Waals surface area contributed by atoms with Crippen molar-refractivity contribution in [2.75, 3.05) is 13.1 Å². The Morgan fingerprint density at radius 2 is 1.95 bits per heavy atom. The van der Waals surface area contributed by atoms with Gasteiger partial charge in [0.05, 0.1) is 4.90 Å². The summed E-state index contributed by atoms with van der Waals surface area (Å²) in [5.41, 5.74) is 6.57. The zero-order valence-electron chi connectivity index (χ0n) is 13.0. The lowest BCUT2D eigenvalue weighted by Gasteiger charge is -2.39. The van der Waals surface area contributed by atoms with Crippen LogP contribution in [0.25, 0.3) is 0 Å². The van der Waals surface area contributed by atoms with Crippen LogP contribution in [0.4, 0.5) is 0 Å². The van der Waals surface area contributed by atoms with Crippen LogP contribution >= 0.6 is 0 Å². The van der Waals surface area contributed by atoms with Gasteiger partial charge in [0.15, 0.2) is 0 Å². The molecular formula is C16H26N2O2S. The number of benzene rings is 1. The van der Waals surface area contributed by atoms with Crippen molar-refractivity contribution in [3.05, 3.63) is 29.8 Å². The highest BCUT2D eigenvalue weighted by Gasteiger charge is 2.44. The topological polar surface area (TPSA) is 63.4 Å². The molecule has 2 rings (SSSR count). The Morgan fingerprint density at radius 1 is 1.29 bits per heavy atom. The number of nitrogens with zero attached hydrogens (tertiary/aromatic N) is 1. The van der Waals surface area contributed by atoms with E-state index in [0.29, 0.717) is 18.0 Å². The molecule has 0 saturated heterocycles. The van der Waals surface area contributed by atoms with Crippen molar-refractivity contribution in [2.45, 2.75) is 56.4 Å². The van der Waals surface area contributed by atoms with Crippen molar-refractivity contribution in [1.82, 2.24) is 4.31 Å². The third kappa shape index (κ3) is 3.15. The molecule has 0 radical (unpaired) electrons. The van der Waals surface area contributed by atoms with E-state index in [1.807, 2.05) is 19.9 Å². The fourth-order valence-corrected chi connectivity index (χ4v) is 5.34. The average Bonchev–Trinajstić information content (AvgIpc) is 2.94. The van der Waals surface area contributed by atoms with Crippen LogP contribution < -0.4 is 5.73 Å². The fourth-order valence-electron chi connectivity index (χ4n) is 3.31. The highest BCUT2D eigenvalue weighted by atomic mass is 32.2. The molecule has 1 aromatic carbocycles. The molecule has 0 bridgehead atoms. The smallest absolute Gasteiger partial charge is 0.243 e. The Hall–Kier alpha value is -0.910. The number of rotatable bonds is 6. The number of hydrogen-bond acceptors (Lipinski definition) is 3. The quantitative estimate of drug-likeness (QED) is 0.878. The molecule has 1 saturated carbocycles. The highest BCUT2D eigenvalue weighted by molar-refractivity contribution is 7.89. The SMILES string of the molecule is CCCN(C1(CN)CCCC1)S(=O)(=O)c1cccc(C)c1. The van der Waals surface area contributed by atoms with Crippen molar-refractivity contribution in [3.8, 4) is 0 Å². The molecule has 118 valence electrons. The monoisotopic (exact) mass is 310 g/mol. The van der Waals surface area contributed by atoms with Crippen LogP contribution in [0, 0.1) is 6.92 Å². The second-order valence-electron chi connectivity index (χ2n) is 6.03. The standard InChI is InChI=1S/C16H26N2O2S/c1-3-11-18(16(13-17)9-4-5-10-16)21(19,20)15-8-6-7-14(2)12-15/h6-8,12H,3-5,9-11,13,17H2,1-2H3. The molecule has 4 nitrogen and oxygen atoms in total. The molecule has 0 unspecified atom stereocenters. The number of hydrogen-bond donors (Lipinski definition) is 1. The molecule has 1 aromatic rings. The summed E-state index contributed by atoms with van der Waals surface area (Å²) in [6, 6.07) is 7.15. The van der Waals surface area contributed by atoms with Gasteiger partial charge in [-0.2, -0.15) is 4.31 Å². The lowest BCUT2D eigenvalue weighted by molar-refractivity contribution is 0.197. The molecule has 5 heteroatoms. The maximum absolute atomic E-state index is 13.1. The van der Waals surface area contributed by atoms with Gasteiger partial charge in [0, 0.05) is 18.6 Å². The van der Waals surface area contributed by atoms with E-state index in [2.05, 4.69) is 0 Å². The second-order valence-corrected chi connectivity index (χ2v) is 7.89. The van der Waals surface area contributed by atoms with Crippen molar-refractivity contribution in [3.63, 3.8) is 0 Å². The van der Waals surface area contributed by atoms with E-state index in [0.717, 1.165) is 37.7 Å². The highest BCUT2D eigenvalue weighted by Crippen LogP contribution is 2.38. The summed E-state index contributed by atoms with van der Waals surface area (Å²) in [6.45, 7) is 4.86. The van der Waals surface area contributed by atoms with Crippen molar-refractivity contribution >= 4 is 10.0 Å². The molecule has 0 aromatic heterocycles. The van der Waals surface area contributed by atoms with E-state index in [9.17, 15) is 8.42 Å². The first-order valence-corrected chi connectivity index (χ1v) is 9.20. The van der Waals surface area contributed by atoms with Gasteiger partial charge in [-0.1, -0.05) is 31.9 Å². The first-order valence-electron chi connectivity index (χ1n) is 7.76. The average molecular weight is 310 g/mol. The predicted octanol–water partition coefficient (Wildman–Crippen LogP) is 2.67. The van der Waals surface area contributed by atoms with Crippen LogP contribution in [0.2, 0.25) is 0 Å². The zero-order chi connectivity index (χ0) is 15.5. The van der Waals surface area contributed by atoms with Gasteiger partial charge < -0.3 is 5.73 Å². The van der Waals surface area contributed by atoms with Crippen LogP contribution in [0.5, 0.6) is 0 Å². The van der Waals surface area contributed by atoms with Crippen LogP contribution in [0.3, 0.4) is 0 Å². The molecule has 0 heterocycles. The summed E-state index contributed by atoms with van der Waals surface area (Å²) in [6.07, 6.45) is 4.65. The Labute approximate surface area is 128 Å². The van der Waals surface area contributed by atoms with Gasteiger partial charge >= 0.3 is 0 Å². The first kappa shape index (κ1) is 16.5. The van der Waals surface area contributed by atoms with Crippen LogP contribution in [-0.4, -0.2) is 31.4 Å². The largest absolute Gasteiger partial charge is 0.329 e. The number of nitrogens with two attached hydrogens (primary N) is 1. The molecule has 2 N–H and O–H groups in total. The minimum Gasteiger partial charge on any atom is -0.329 e. The third-order valence-corrected chi connectivity index (χ3v) is 6.45. The molecule has 1 aliphatic rings. The van der Waals surface area contributed by atoms with Gasteiger partial charge in [0.25, 0.3) is 0 Å². The minimum absolute atomic E-state index is 0.385. The Morgan fingerprint density at radius 3 is 2.48 bits per heavy atom. The summed E-state index contributed by atoms with van der Waals surface area (Å²) >= 11 is 0.